The van der Waals surface area contributed by atoms with Crippen molar-refractivity contribution in [3.63, 3.8) is 0 Å². The highest BCUT2D eigenvalue weighted by atomic mass is 79.9. The molecule has 0 heterocycles. The van der Waals surface area contributed by atoms with Crippen LogP contribution in [0.4, 0.5) is 4.39 Å². The van der Waals surface area contributed by atoms with Crippen LogP contribution in [0.3, 0.4) is 0 Å². The van der Waals surface area contributed by atoms with Crippen molar-refractivity contribution in [3.8, 4) is 0 Å². The van der Waals surface area contributed by atoms with Crippen LogP contribution >= 0.6 is 27.5 Å². The van der Waals surface area contributed by atoms with E-state index in [0.717, 1.165) is 10.0 Å². The molecule has 0 aliphatic carbocycles. The van der Waals surface area contributed by atoms with Gasteiger partial charge < -0.3 is 5.11 Å². The lowest BCUT2D eigenvalue weighted by Gasteiger charge is -2.12. The summed E-state index contributed by atoms with van der Waals surface area (Å²) in [6, 6.07) is 12.1. The molecule has 19 heavy (non-hydrogen) atoms. The second-order valence-corrected chi connectivity index (χ2v) is 5.78. The summed E-state index contributed by atoms with van der Waals surface area (Å²) in [4.78, 5) is 0. The third-order valence-corrected chi connectivity index (χ3v) is 3.55. The second-order valence-electron chi connectivity index (χ2n) is 4.43. The SMILES string of the molecule is OC(Cc1cccc(Br)c1)Cc1cc(Cl)ccc1F. The van der Waals surface area contributed by atoms with Crippen LogP contribution in [-0.2, 0) is 12.8 Å². The van der Waals surface area contributed by atoms with Crippen molar-refractivity contribution < 1.29 is 9.50 Å². The minimum Gasteiger partial charge on any atom is -0.392 e. The van der Waals surface area contributed by atoms with Crippen molar-refractivity contribution in [1.29, 1.82) is 0 Å². The van der Waals surface area contributed by atoms with Gasteiger partial charge in [-0.3, -0.25) is 0 Å². The molecule has 2 aromatic rings. The third kappa shape index (κ3) is 4.30. The molecule has 0 fully saturated rings. The van der Waals surface area contributed by atoms with Crippen LogP contribution in [-0.4, -0.2) is 11.2 Å². The Hall–Kier alpha value is -0.900. The molecule has 1 nitrogen and oxygen atoms in total. The summed E-state index contributed by atoms with van der Waals surface area (Å²) in [7, 11) is 0. The normalized spacial score (nSPS) is 12.4. The Morgan fingerprint density at radius 1 is 1.16 bits per heavy atom. The molecule has 0 saturated carbocycles. The lowest BCUT2D eigenvalue weighted by Crippen LogP contribution is -2.14. The van der Waals surface area contributed by atoms with Crippen molar-refractivity contribution in [3.05, 3.63) is 68.9 Å². The first-order valence-corrected chi connectivity index (χ1v) is 7.08. The maximum atomic E-state index is 13.6. The van der Waals surface area contributed by atoms with Gasteiger partial charge in [-0.1, -0.05) is 39.7 Å². The molecule has 1 N–H and O–H groups in total. The van der Waals surface area contributed by atoms with E-state index in [2.05, 4.69) is 15.9 Å². The number of hydrogen-bond donors (Lipinski definition) is 1. The van der Waals surface area contributed by atoms with E-state index in [4.69, 9.17) is 11.6 Å². The van der Waals surface area contributed by atoms with Gasteiger partial charge in [0.05, 0.1) is 6.10 Å². The van der Waals surface area contributed by atoms with E-state index >= 15 is 0 Å². The first-order valence-electron chi connectivity index (χ1n) is 5.91. The molecule has 1 unspecified atom stereocenters. The minimum absolute atomic E-state index is 0.249. The van der Waals surface area contributed by atoms with Crippen LogP contribution in [0.5, 0.6) is 0 Å². The van der Waals surface area contributed by atoms with Crippen LogP contribution in [0, 0.1) is 5.82 Å². The topological polar surface area (TPSA) is 20.2 Å². The molecule has 2 rings (SSSR count). The van der Waals surface area contributed by atoms with E-state index in [1.165, 1.54) is 12.1 Å². The zero-order valence-corrected chi connectivity index (χ0v) is 12.5. The predicted octanol–water partition coefficient (Wildman–Crippen LogP) is 4.39. The van der Waals surface area contributed by atoms with Crippen molar-refractivity contribution >= 4 is 27.5 Å². The fourth-order valence-corrected chi connectivity index (χ4v) is 2.60. The Morgan fingerprint density at radius 3 is 2.68 bits per heavy atom. The van der Waals surface area contributed by atoms with E-state index in [1.807, 2.05) is 24.3 Å². The molecule has 0 aliphatic rings. The Labute approximate surface area is 125 Å². The van der Waals surface area contributed by atoms with Gasteiger partial charge in [-0.05, 0) is 47.9 Å². The van der Waals surface area contributed by atoms with Crippen LogP contribution < -0.4 is 0 Å². The maximum Gasteiger partial charge on any atom is 0.126 e. The van der Waals surface area contributed by atoms with E-state index in [-0.39, 0.29) is 12.2 Å². The molecule has 0 radical (unpaired) electrons. The summed E-state index contributed by atoms with van der Waals surface area (Å²) < 4.78 is 14.5. The van der Waals surface area contributed by atoms with Gasteiger partial charge in [0.1, 0.15) is 5.82 Å². The first-order chi connectivity index (χ1) is 9.04. The van der Waals surface area contributed by atoms with E-state index in [0.29, 0.717) is 17.0 Å². The third-order valence-electron chi connectivity index (χ3n) is 2.82. The lowest BCUT2D eigenvalue weighted by atomic mass is 10.0. The minimum atomic E-state index is -0.637. The fraction of sp³-hybridized carbons (Fsp3) is 0.200. The van der Waals surface area contributed by atoms with Gasteiger partial charge in [0.25, 0.3) is 0 Å². The van der Waals surface area contributed by atoms with Gasteiger partial charge >= 0.3 is 0 Å². The van der Waals surface area contributed by atoms with E-state index in [1.54, 1.807) is 6.07 Å². The van der Waals surface area contributed by atoms with Gasteiger partial charge in [0, 0.05) is 15.9 Å². The second kappa shape index (κ2) is 6.51. The number of halogens is 3. The Bertz CT molecular complexity index is 574. The molecule has 0 aromatic heterocycles. The largest absolute Gasteiger partial charge is 0.392 e. The number of benzene rings is 2. The fourth-order valence-electron chi connectivity index (χ4n) is 1.96. The smallest absolute Gasteiger partial charge is 0.126 e. The Balaban J connectivity index is 2.05. The van der Waals surface area contributed by atoms with Crippen molar-refractivity contribution in [1.82, 2.24) is 0 Å². The van der Waals surface area contributed by atoms with Gasteiger partial charge in [0.2, 0.25) is 0 Å². The molecule has 100 valence electrons. The molecule has 0 amide bonds. The molecule has 0 bridgehead atoms. The highest BCUT2D eigenvalue weighted by Gasteiger charge is 2.11. The highest BCUT2D eigenvalue weighted by molar-refractivity contribution is 9.10. The van der Waals surface area contributed by atoms with Gasteiger partial charge in [-0.15, -0.1) is 0 Å². The zero-order valence-electron chi connectivity index (χ0n) is 10.1. The van der Waals surface area contributed by atoms with Crippen LogP contribution in [0.25, 0.3) is 0 Å². The first kappa shape index (κ1) is 14.5. The zero-order chi connectivity index (χ0) is 13.8. The number of aliphatic hydroxyl groups is 1. The van der Waals surface area contributed by atoms with Crippen molar-refractivity contribution in [2.45, 2.75) is 18.9 Å². The molecule has 0 aliphatic heterocycles. The summed E-state index contributed by atoms with van der Waals surface area (Å²) in [6.07, 6.45) is 0.0897. The highest BCUT2D eigenvalue weighted by Crippen LogP contribution is 2.18. The van der Waals surface area contributed by atoms with Gasteiger partial charge in [-0.25, -0.2) is 4.39 Å². The monoisotopic (exact) mass is 342 g/mol. The summed E-state index contributed by atoms with van der Waals surface area (Å²) >= 11 is 9.21. The van der Waals surface area contributed by atoms with Gasteiger partial charge in [0.15, 0.2) is 0 Å². The van der Waals surface area contributed by atoms with Crippen LogP contribution in [0.1, 0.15) is 11.1 Å². The van der Waals surface area contributed by atoms with Gasteiger partial charge in [-0.2, -0.15) is 0 Å². The molecule has 2 aromatic carbocycles. The lowest BCUT2D eigenvalue weighted by molar-refractivity contribution is 0.174. The summed E-state index contributed by atoms with van der Waals surface area (Å²) in [5.41, 5.74) is 1.44. The molecule has 0 saturated heterocycles. The van der Waals surface area contributed by atoms with Crippen molar-refractivity contribution in [2.24, 2.45) is 0 Å². The summed E-state index contributed by atoms with van der Waals surface area (Å²) in [5.74, 6) is -0.335. The molecular weight excluding hydrogens is 331 g/mol. The molecule has 1 atom stereocenters. The molecular formula is C15H13BrClFO. The molecule has 0 spiro atoms. The maximum absolute atomic E-state index is 13.6. The van der Waals surface area contributed by atoms with Crippen LogP contribution in [0.15, 0.2) is 46.9 Å². The molecule has 4 heteroatoms. The number of hydrogen-bond acceptors (Lipinski definition) is 1. The predicted molar refractivity (Wildman–Crippen MR) is 79.0 cm³/mol. The Morgan fingerprint density at radius 2 is 1.95 bits per heavy atom. The number of aliphatic hydroxyl groups excluding tert-OH is 1. The summed E-state index contributed by atoms with van der Waals surface area (Å²) in [5, 5.41) is 10.5. The summed E-state index contributed by atoms with van der Waals surface area (Å²) in [6.45, 7) is 0. The van der Waals surface area contributed by atoms with Crippen molar-refractivity contribution in [2.75, 3.05) is 0 Å². The standard InChI is InChI=1S/C15H13BrClFO/c16-12-3-1-2-10(6-12)7-14(19)9-11-8-13(17)4-5-15(11)18/h1-6,8,14,19H,7,9H2. The van der Waals surface area contributed by atoms with E-state index < -0.39 is 6.10 Å². The Kier molecular flexibility index (Phi) is 4.97. The van der Waals surface area contributed by atoms with E-state index in [9.17, 15) is 9.50 Å². The average Bonchev–Trinajstić information content (AvgIpc) is 2.34. The average molecular weight is 344 g/mol. The quantitative estimate of drug-likeness (QED) is 0.873. The van der Waals surface area contributed by atoms with Crippen LogP contribution in [0.2, 0.25) is 5.02 Å². The number of rotatable bonds is 4.